The average Bonchev–Trinajstić information content (AvgIpc) is 2.63. The molecule has 3 aromatic rings. The Bertz CT molecular complexity index is 1150. The fourth-order valence-corrected chi connectivity index (χ4v) is 3.43. The molecule has 2 aromatic carbocycles. The summed E-state index contributed by atoms with van der Waals surface area (Å²) in [4.78, 5) is 24.5. The van der Waals surface area contributed by atoms with E-state index in [-0.39, 0.29) is 28.8 Å². The summed E-state index contributed by atoms with van der Waals surface area (Å²) >= 11 is 0. The summed E-state index contributed by atoms with van der Waals surface area (Å²) in [6.45, 7) is 1.77. The number of aromatic nitrogens is 2. The van der Waals surface area contributed by atoms with Crippen LogP contribution in [0.5, 0.6) is 0 Å². The fourth-order valence-electron chi connectivity index (χ4n) is 2.80. The van der Waals surface area contributed by atoms with Crippen LogP contribution in [-0.4, -0.2) is 30.4 Å². The van der Waals surface area contributed by atoms with E-state index < -0.39 is 9.84 Å². The van der Waals surface area contributed by atoms with Gasteiger partial charge in [-0.3, -0.25) is 14.3 Å². The molecule has 0 radical (unpaired) electrons. The van der Waals surface area contributed by atoms with Crippen molar-refractivity contribution in [3.05, 3.63) is 70.5 Å². The van der Waals surface area contributed by atoms with Gasteiger partial charge in [0.05, 0.1) is 22.7 Å². The highest BCUT2D eigenvalue weighted by Crippen LogP contribution is 2.16. The van der Waals surface area contributed by atoms with Gasteiger partial charge in [0.1, 0.15) is 6.54 Å². The van der Waals surface area contributed by atoms with Crippen LogP contribution in [0.2, 0.25) is 0 Å². The van der Waals surface area contributed by atoms with E-state index in [1.807, 2.05) is 6.92 Å². The molecule has 1 heterocycles. The Hall–Kier alpha value is -3.00. The number of carbonyl (C=O) groups excluding carboxylic acids is 1. The number of hydrogen-bond donors (Lipinski definition) is 1. The maximum atomic E-state index is 12.4. The van der Waals surface area contributed by atoms with Crippen LogP contribution in [0.25, 0.3) is 10.9 Å². The summed E-state index contributed by atoms with van der Waals surface area (Å²) in [6.07, 6.45) is 2.35. The molecule has 0 fully saturated rings. The molecule has 0 aliphatic carbocycles. The third-order valence-electron chi connectivity index (χ3n) is 4.24. The van der Waals surface area contributed by atoms with E-state index in [0.29, 0.717) is 10.9 Å². The van der Waals surface area contributed by atoms with Crippen molar-refractivity contribution in [3.63, 3.8) is 0 Å². The van der Waals surface area contributed by atoms with Crippen molar-refractivity contribution >= 4 is 26.6 Å². The monoisotopic (exact) mass is 385 g/mol. The summed E-state index contributed by atoms with van der Waals surface area (Å²) in [5, 5.41) is 7.40. The van der Waals surface area contributed by atoms with E-state index in [1.54, 1.807) is 36.4 Å². The number of benzene rings is 2. The first kappa shape index (κ1) is 18.8. The lowest BCUT2D eigenvalue weighted by atomic mass is 10.1. The maximum absolute atomic E-state index is 12.4. The van der Waals surface area contributed by atoms with Crippen LogP contribution in [0.4, 0.5) is 0 Å². The van der Waals surface area contributed by atoms with Crippen LogP contribution in [0, 0.1) is 0 Å². The van der Waals surface area contributed by atoms with Gasteiger partial charge in [0.2, 0.25) is 11.3 Å². The van der Waals surface area contributed by atoms with Gasteiger partial charge in [-0.25, -0.2) is 8.42 Å². The fraction of sp³-hybridized carbons (Fsp3) is 0.211. The van der Waals surface area contributed by atoms with Crippen LogP contribution >= 0.6 is 0 Å². The smallest absolute Gasteiger partial charge is 0.242 e. The summed E-state index contributed by atoms with van der Waals surface area (Å²) in [6, 6.07) is 13.1. The molecule has 1 N–H and O–H groups in total. The van der Waals surface area contributed by atoms with E-state index in [2.05, 4.69) is 10.4 Å². The van der Waals surface area contributed by atoms with E-state index in [0.717, 1.165) is 11.8 Å². The molecular formula is C19H19N3O4S. The number of carbonyl (C=O) groups is 1. The number of para-hydroxylation sites is 1. The van der Waals surface area contributed by atoms with Crippen molar-refractivity contribution in [1.29, 1.82) is 0 Å². The summed E-state index contributed by atoms with van der Waals surface area (Å²) in [7, 11) is -3.26. The van der Waals surface area contributed by atoms with Gasteiger partial charge in [-0.05, 0) is 36.8 Å². The number of amides is 1. The van der Waals surface area contributed by atoms with E-state index in [4.69, 9.17) is 0 Å². The number of fused-ring (bicyclic) bond motifs is 1. The quantitative estimate of drug-likeness (QED) is 0.720. The van der Waals surface area contributed by atoms with E-state index >= 15 is 0 Å². The molecule has 0 saturated carbocycles. The highest BCUT2D eigenvalue weighted by atomic mass is 32.2. The van der Waals surface area contributed by atoms with Gasteiger partial charge >= 0.3 is 0 Å². The zero-order chi connectivity index (χ0) is 19.6. The van der Waals surface area contributed by atoms with Gasteiger partial charge in [-0.1, -0.05) is 24.3 Å². The first-order valence-electron chi connectivity index (χ1n) is 8.30. The molecule has 0 aliphatic rings. The van der Waals surface area contributed by atoms with Crippen LogP contribution in [0.15, 0.2) is 64.4 Å². The highest BCUT2D eigenvalue weighted by molar-refractivity contribution is 7.90. The van der Waals surface area contributed by atoms with Crippen molar-refractivity contribution in [2.24, 2.45) is 0 Å². The van der Waals surface area contributed by atoms with Crippen molar-refractivity contribution in [2.45, 2.75) is 24.4 Å². The van der Waals surface area contributed by atoms with Gasteiger partial charge in [0.25, 0.3) is 0 Å². The van der Waals surface area contributed by atoms with Crippen molar-refractivity contribution in [2.75, 3.05) is 6.26 Å². The average molecular weight is 385 g/mol. The summed E-state index contributed by atoms with van der Waals surface area (Å²) in [5.74, 6) is -0.268. The second kappa shape index (κ2) is 7.32. The second-order valence-corrected chi connectivity index (χ2v) is 8.33. The molecule has 0 bridgehead atoms. The van der Waals surface area contributed by atoms with Gasteiger partial charge in [-0.2, -0.15) is 5.10 Å². The van der Waals surface area contributed by atoms with Gasteiger partial charge in [0, 0.05) is 11.6 Å². The van der Waals surface area contributed by atoms with E-state index in [9.17, 15) is 18.0 Å². The number of rotatable bonds is 5. The van der Waals surface area contributed by atoms with Crippen molar-refractivity contribution in [3.8, 4) is 0 Å². The van der Waals surface area contributed by atoms with Crippen molar-refractivity contribution < 1.29 is 13.2 Å². The highest BCUT2D eigenvalue weighted by Gasteiger charge is 2.13. The van der Waals surface area contributed by atoms with Gasteiger partial charge in [-0.15, -0.1) is 0 Å². The summed E-state index contributed by atoms with van der Waals surface area (Å²) < 4.78 is 24.5. The molecular weight excluding hydrogens is 366 g/mol. The Labute approximate surface area is 156 Å². The Morgan fingerprint density at radius 3 is 2.48 bits per heavy atom. The van der Waals surface area contributed by atoms with Crippen LogP contribution in [-0.2, 0) is 21.2 Å². The molecule has 1 unspecified atom stereocenters. The predicted molar refractivity (Wildman–Crippen MR) is 102 cm³/mol. The second-order valence-electron chi connectivity index (χ2n) is 6.31. The Kier molecular flexibility index (Phi) is 5.09. The Balaban J connectivity index is 1.74. The number of nitrogens with one attached hydrogen (secondary N) is 1. The molecule has 3 rings (SSSR count). The first-order chi connectivity index (χ1) is 12.8. The zero-order valence-corrected chi connectivity index (χ0v) is 15.7. The molecule has 8 heteroatoms. The van der Waals surface area contributed by atoms with E-state index in [1.165, 1.54) is 23.0 Å². The first-order valence-corrected chi connectivity index (χ1v) is 10.2. The lowest BCUT2D eigenvalue weighted by molar-refractivity contribution is -0.122. The molecule has 7 nitrogen and oxygen atoms in total. The lowest BCUT2D eigenvalue weighted by Gasteiger charge is -2.16. The molecule has 1 amide bonds. The largest absolute Gasteiger partial charge is 0.348 e. The minimum Gasteiger partial charge on any atom is -0.348 e. The standard InChI is InChI=1S/C19H19N3O4S/c1-13(14-7-9-15(10-8-14)27(2,25)26)21-19(24)12-22-17-6-4-3-5-16(17)18(23)11-20-22/h3-11,13H,12H2,1-2H3,(H,21,24). The Morgan fingerprint density at radius 1 is 1.15 bits per heavy atom. The maximum Gasteiger partial charge on any atom is 0.242 e. The lowest BCUT2D eigenvalue weighted by Crippen LogP contribution is -2.31. The normalized spacial score (nSPS) is 12.7. The molecule has 1 atom stereocenters. The third kappa shape index (κ3) is 4.22. The number of sulfone groups is 1. The molecule has 140 valence electrons. The number of nitrogens with zero attached hydrogens (tertiary/aromatic N) is 2. The minimum absolute atomic E-state index is 0.0352. The SMILES string of the molecule is CC(NC(=O)Cn1ncc(=O)c2ccccc21)c1ccc(S(C)(=O)=O)cc1. The Morgan fingerprint density at radius 2 is 1.81 bits per heavy atom. The topological polar surface area (TPSA) is 98.1 Å². The summed E-state index contributed by atoms with van der Waals surface area (Å²) in [5.41, 5.74) is 1.18. The van der Waals surface area contributed by atoms with Crippen LogP contribution in [0.3, 0.4) is 0 Å². The molecule has 27 heavy (non-hydrogen) atoms. The molecule has 1 aromatic heterocycles. The van der Waals surface area contributed by atoms with Crippen molar-refractivity contribution in [1.82, 2.24) is 15.1 Å². The van der Waals surface area contributed by atoms with Crippen LogP contribution < -0.4 is 10.7 Å². The molecule has 0 aliphatic heterocycles. The zero-order valence-electron chi connectivity index (χ0n) is 14.9. The molecule has 0 saturated heterocycles. The van der Waals surface area contributed by atoms with Gasteiger partial charge in [0.15, 0.2) is 9.84 Å². The van der Waals surface area contributed by atoms with Gasteiger partial charge < -0.3 is 5.32 Å². The molecule has 0 spiro atoms. The predicted octanol–water partition coefficient (Wildman–Crippen LogP) is 1.68. The van der Waals surface area contributed by atoms with Crippen LogP contribution in [0.1, 0.15) is 18.5 Å². The third-order valence-corrected chi connectivity index (χ3v) is 5.37. The number of hydrogen-bond acceptors (Lipinski definition) is 5. The minimum atomic E-state index is -3.26.